The fourth-order valence-corrected chi connectivity index (χ4v) is 2.68. The fraction of sp³-hybridized carbons (Fsp3) is 0.294. The Balaban J connectivity index is 2.58. The van der Waals surface area contributed by atoms with Crippen LogP contribution in [-0.4, -0.2) is 13.2 Å². The van der Waals surface area contributed by atoms with E-state index < -0.39 is 11.7 Å². The summed E-state index contributed by atoms with van der Waals surface area (Å²) in [4.78, 5) is 0. The van der Waals surface area contributed by atoms with Gasteiger partial charge in [-0.05, 0) is 29.2 Å². The Kier molecular flexibility index (Phi) is 4.68. The molecule has 0 saturated carbocycles. The van der Waals surface area contributed by atoms with Crippen molar-refractivity contribution < 1.29 is 17.9 Å². The van der Waals surface area contributed by atoms with Crippen molar-refractivity contribution in [2.24, 2.45) is 0 Å². The van der Waals surface area contributed by atoms with Gasteiger partial charge in [-0.15, -0.1) is 0 Å². The molecule has 1 heterocycles. The van der Waals surface area contributed by atoms with E-state index in [4.69, 9.17) is 4.74 Å². The molecule has 0 amide bonds. The summed E-state index contributed by atoms with van der Waals surface area (Å²) < 4.78 is 45.1. The lowest BCUT2D eigenvalue weighted by Gasteiger charge is -2.22. The molecule has 21 heavy (non-hydrogen) atoms. The van der Waals surface area contributed by atoms with Gasteiger partial charge in [0.2, 0.25) is 0 Å². The van der Waals surface area contributed by atoms with Crippen LogP contribution in [0, 0.1) is 0 Å². The summed E-state index contributed by atoms with van der Waals surface area (Å²) in [6.45, 7) is 8.23. The Bertz CT molecular complexity index is 570. The standard InChI is InChI=1S/C17H17F3O/c1-3-12-11-21-10-9-14(13(12)4-2)15-7-5-6-8-16(15)17(18,19)20/h3-8,14H,1-2,9-11H2. The molecule has 0 saturated heterocycles. The van der Waals surface area contributed by atoms with Crippen molar-refractivity contribution in [3.05, 3.63) is 71.8 Å². The minimum Gasteiger partial charge on any atom is -0.377 e. The van der Waals surface area contributed by atoms with Gasteiger partial charge in [-0.2, -0.15) is 13.2 Å². The summed E-state index contributed by atoms with van der Waals surface area (Å²) in [5, 5.41) is 0. The maximum atomic E-state index is 13.2. The molecule has 0 bridgehead atoms. The van der Waals surface area contributed by atoms with Gasteiger partial charge in [-0.3, -0.25) is 0 Å². The molecular weight excluding hydrogens is 277 g/mol. The number of ether oxygens (including phenoxy) is 1. The van der Waals surface area contributed by atoms with E-state index >= 15 is 0 Å². The monoisotopic (exact) mass is 294 g/mol. The highest BCUT2D eigenvalue weighted by molar-refractivity contribution is 5.45. The van der Waals surface area contributed by atoms with Crippen molar-refractivity contribution in [2.45, 2.75) is 18.5 Å². The second kappa shape index (κ2) is 6.31. The number of hydrogen-bond acceptors (Lipinski definition) is 1. The van der Waals surface area contributed by atoms with Crippen LogP contribution in [0.4, 0.5) is 13.2 Å². The van der Waals surface area contributed by atoms with Gasteiger partial charge in [-0.25, -0.2) is 0 Å². The molecule has 1 unspecified atom stereocenters. The summed E-state index contributed by atoms with van der Waals surface area (Å²) in [5.41, 5.74) is 1.23. The molecule has 0 fully saturated rings. The largest absolute Gasteiger partial charge is 0.416 e. The first-order valence-corrected chi connectivity index (χ1v) is 6.70. The van der Waals surface area contributed by atoms with Crippen molar-refractivity contribution in [3.63, 3.8) is 0 Å². The zero-order chi connectivity index (χ0) is 15.5. The van der Waals surface area contributed by atoms with Gasteiger partial charge in [0.1, 0.15) is 0 Å². The third-order valence-corrected chi connectivity index (χ3v) is 3.66. The molecule has 1 atom stereocenters. The quantitative estimate of drug-likeness (QED) is 0.772. The number of halogens is 3. The second-order valence-electron chi connectivity index (χ2n) is 4.87. The predicted octanol–water partition coefficient (Wildman–Crippen LogP) is 4.88. The van der Waals surface area contributed by atoms with Crippen LogP contribution in [0.1, 0.15) is 23.5 Å². The molecule has 4 heteroatoms. The molecule has 1 aromatic carbocycles. The lowest BCUT2D eigenvalue weighted by Crippen LogP contribution is -2.14. The van der Waals surface area contributed by atoms with Crippen LogP contribution in [0.5, 0.6) is 0 Å². The Morgan fingerprint density at radius 3 is 2.48 bits per heavy atom. The normalized spacial score (nSPS) is 20.0. The van der Waals surface area contributed by atoms with Crippen molar-refractivity contribution >= 4 is 0 Å². The highest BCUT2D eigenvalue weighted by atomic mass is 19.4. The number of allylic oxidation sites excluding steroid dienone is 2. The van der Waals surface area contributed by atoms with Crippen LogP contribution in [0.15, 0.2) is 60.7 Å². The molecule has 1 aliphatic heterocycles. The zero-order valence-electron chi connectivity index (χ0n) is 11.6. The number of hydrogen-bond donors (Lipinski definition) is 0. The molecular formula is C17H17F3O. The highest BCUT2D eigenvalue weighted by Gasteiger charge is 2.36. The second-order valence-corrected chi connectivity index (χ2v) is 4.87. The van der Waals surface area contributed by atoms with Gasteiger partial charge in [0.25, 0.3) is 0 Å². The van der Waals surface area contributed by atoms with Crippen molar-refractivity contribution in [1.29, 1.82) is 0 Å². The van der Waals surface area contributed by atoms with Crippen LogP contribution in [0.3, 0.4) is 0 Å². The topological polar surface area (TPSA) is 9.23 Å². The molecule has 1 aromatic rings. The smallest absolute Gasteiger partial charge is 0.377 e. The van der Waals surface area contributed by atoms with Gasteiger partial charge in [0, 0.05) is 12.5 Å². The Labute approximate surface area is 122 Å². The van der Waals surface area contributed by atoms with Crippen LogP contribution >= 0.6 is 0 Å². The van der Waals surface area contributed by atoms with E-state index in [9.17, 15) is 13.2 Å². The summed E-state index contributed by atoms with van der Waals surface area (Å²) in [5.74, 6) is -0.379. The molecule has 0 radical (unpaired) electrons. The van der Waals surface area contributed by atoms with E-state index in [1.165, 1.54) is 12.1 Å². The van der Waals surface area contributed by atoms with Crippen molar-refractivity contribution in [2.75, 3.05) is 13.2 Å². The summed E-state index contributed by atoms with van der Waals surface area (Å²) in [6.07, 6.45) is -0.634. The third-order valence-electron chi connectivity index (χ3n) is 3.66. The van der Waals surface area contributed by atoms with Crippen LogP contribution < -0.4 is 0 Å². The minimum absolute atomic E-state index is 0.268. The van der Waals surface area contributed by atoms with Gasteiger partial charge in [0.05, 0.1) is 12.2 Å². The van der Waals surface area contributed by atoms with E-state index in [2.05, 4.69) is 13.2 Å². The number of benzene rings is 1. The first-order valence-electron chi connectivity index (χ1n) is 6.70. The SMILES string of the molecule is C=CC1=C(C=C)C(c2ccccc2C(F)(F)F)CCOC1. The van der Waals surface area contributed by atoms with E-state index in [1.54, 1.807) is 18.2 Å². The average Bonchev–Trinajstić information content (AvgIpc) is 2.67. The van der Waals surface area contributed by atoms with E-state index in [0.29, 0.717) is 19.6 Å². The lowest BCUT2D eigenvalue weighted by molar-refractivity contribution is -0.138. The number of alkyl halides is 3. The molecule has 0 N–H and O–H groups in total. The van der Waals surface area contributed by atoms with Gasteiger partial charge < -0.3 is 4.74 Å². The van der Waals surface area contributed by atoms with Crippen LogP contribution in [-0.2, 0) is 10.9 Å². The van der Waals surface area contributed by atoms with Crippen LogP contribution in [0.25, 0.3) is 0 Å². The Morgan fingerprint density at radius 2 is 1.86 bits per heavy atom. The van der Waals surface area contributed by atoms with E-state index in [0.717, 1.165) is 17.2 Å². The van der Waals surface area contributed by atoms with Crippen LogP contribution in [0.2, 0.25) is 0 Å². The first-order chi connectivity index (χ1) is 9.99. The predicted molar refractivity (Wildman–Crippen MR) is 77.0 cm³/mol. The van der Waals surface area contributed by atoms with Gasteiger partial charge >= 0.3 is 6.18 Å². The van der Waals surface area contributed by atoms with E-state index in [1.807, 2.05) is 0 Å². The van der Waals surface area contributed by atoms with Crippen molar-refractivity contribution in [1.82, 2.24) is 0 Å². The summed E-state index contributed by atoms with van der Waals surface area (Å²) in [7, 11) is 0. The van der Waals surface area contributed by atoms with E-state index in [-0.39, 0.29) is 11.5 Å². The molecule has 1 nitrogen and oxygen atoms in total. The fourth-order valence-electron chi connectivity index (χ4n) is 2.68. The molecule has 0 aliphatic carbocycles. The highest BCUT2D eigenvalue weighted by Crippen LogP contribution is 2.40. The molecule has 0 aromatic heterocycles. The average molecular weight is 294 g/mol. The maximum Gasteiger partial charge on any atom is 0.416 e. The molecule has 1 aliphatic rings. The van der Waals surface area contributed by atoms with Gasteiger partial charge in [0.15, 0.2) is 0 Å². The minimum atomic E-state index is -4.37. The molecule has 2 rings (SSSR count). The molecule has 0 spiro atoms. The molecule has 112 valence electrons. The summed E-state index contributed by atoms with van der Waals surface area (Å²) in [6, 6.07) is 5.69. The first kappa shape index (κ1) is 15.6. The van der Waals surface area contributed by atoms with Crippen molar-refractivity contribution in [3.8, 4) is 0 Å². The zero-order valence-corrected chi connectivity index (χ0v) is 11.6. The third kappa shape index (κ3) is 3.27. The lowest BCUT2D eigenvalue weighted by atomic mass is 9.83. The Hall–Kier alpha value is -1.81. The van der Waals surface area contributed by atoms with Gasteiger partial charge in [-0.1, -0.05) is 43.5 Å². The number of rotatable bonds is 3. The maximum absolute atomic E-state index is 13.2. The summed E-state index contributed by atoms with van der Waals surface area (Å²) >= 11 is 0. The Morgan fingerprint density at radius 1 is 1.14 bits per heavy atom.